The largest absolute Gasteiger partial charge is 0.370 e. The Balaban J connectivity index is 1.56. The fraction of sp³-hybridized carbons (Fsp3) is 0.273. The first-order chi connectivity index (χ1) is 13.6. The van der Waals surface area contributed by atoms with Crippen molar-refractivity contribution in [3.63, 3.8) is 0 Å². The molecule has 1 atom stereocenters. The number of fused-ring (bicyclic) bond motifs is 2. The van der Waals surface area contributed by atoms with Crippen LogP contribution in [0, 0.1) is 0 Å². The van der Waals surface area contributed by atoms with Crippen LogP contribution in [0.25, 0.3) is 33.3 Å². The van der Waals surface area contributed by atoms with Gasteiger partial charge in [-0.2, -0.15) is 0 Å². The summed E-state index contributed by atoms with van der Waals surface area (Å²) in [6, 6.07) is 16.6. The Morgan fingerprint density at radius 2 is 1.93 bits per heavy atom. The van der Waals surface area contributed by atoms with E-state index in [9.17, 15) is 4.79 Å². The molecule has 0 amide bonds. The first-order valence-electron chi connectivity index (χ1n) is 9.62. The zero-order valence-corrected chi connectivity index (χ0v) is 16.1. The molecule has 142 valence electrons. The maximum atomic E-state index is 12.6. The third-order valence-corrected chi connectivity index (χ3v) is 5.72. The predicted octanol–water partition coefficient (Wildman–Crippen LogP) is 3.21. The van der Waals surface area contributed by atoms with E-state index in [1.807, 2.05) is 36.4 Å². The Labute approximate surface area is 162 Å². The average Bonchev–Trinajstić information content (AvgIpc) is 3.34. The molecule has 2 aromatic carbocycles. The lowest BCUT2D eigenvalue weighted by atomic mass is 10.2. The van der Waals surface area contributed by atoms with Crippen LogP contribution in [0.2, 0.25) is 0 Å². The second-order valence-corrected chi connectivity index (χ2v) is 7.74. The Bertz CT molecular complexity index is 1190. The average molecular weight is 373 g/mol. The molecule has 2 N–H and O–H groups in total. The van der Waals surface area contributed by atoms with Gasteiger partial charge in [0.1, 0.15) is 0 Å². The van der Waals surface area contributed by atoms with Crippen molar-refractivity contribution in [3.8, 4) is 11.4 Å². The maximum absolute atomic E-state index is 12.6. The number of aromatic nitrogens is 3. The van der Waals surface area contributed by atoms with Gasteiger partial charge in [0.25, 0.3) is 5.56 Å². The van der Waals surface area contributed by atoms with E-state index < -0.39 is 0 Å². The van der Waals surface area contributed by atoms with Crippen molar-refractivity contribution in [3.05, 3.63) is 58.9 Å². The quantitative estimate of drug-likeness (QED) is 0.579. The summed E-state index contributed by atoms with van der Waals surface area (Å²) in [6.07, 6.45) is 1.16. The zero-order chi connectivity index (χ0) is 19.3. The number of hydrogen-bond donors (Lipinski definition) is 2. The lowest BCUT2D eigenvalue weighted by Gasteiger charge is -2.22. The first-order valence-corrected chi connectivity index (χ1v) is 9.62. The van der Waals surface area contributed by atoms with Gasteiger partial charge in [-0.1, -0.05) is 18.2 Å². The number of para-hydroxylation sites is 1. The molecule has 5 rings (SSSR count). The Kier molecular flexibility index (Phi) is 3.94. The molecule has 1 aliphatic heterocycles. The number of aromatic amines is 2. The number of nitrogens with one attached hydrogen (secondary N) is 2. The van der Waals surface area contributed by atoms with Crippen LogP contribution in [-0.2, 0) is 0 Å². The normalized spacial score (nSPS) is 17.2. The molecular formula is C22H23N5O. The van der Waals surface area contributed by atoms with E-state index in [2.05, 4.69) is 46.0 Å². The summed E-state index contributed by atoms with van der Waals surface area (Å²) in [5.41, 5.74) is 4.70. The SMILES string of the molecule is CN(C)[C@H]1CCN(c2ccc3[nH]c(=O)c(-c4cc5ccccc5[nH]4)nc3c2)C1. The van der Waals surface area contributed by atoms with Crippen molar-refractivity contribution in [1.29, 1.82) is 0 Å². The third-order valence-electron chi connectivity index (χ3n) is 5.72. The molecular weight excluding hydrogens is 350 g/mol. The van der Waals surface area contributed by atoms with Crippen molar-refractivity contribution in [1.82, 2.24) is 19.9 Å². The molecule has 28 heavy (non-hydrogen) atoms. The van der Waals surface area contributed by atoms with Crippen molar-refractivity contribution in [2.75, 3.05) is 32.1 Å². The summed E-state index contributed by atoms with van der Waals surface area (Å²) in [4.78, 5) is 28.3. The van der Waals surface area contributed by atoms with Gasteiger partial charge in [0, 0.05) is 35.7 Å². The molecule has 4 aromatic rings. The minimum absolute atomic E-state index is 0.180. The van der Waals surface area contributed by atoms with Gasteiger partial charge in [-0.25, -0.2) is 4.98 Å². The topological polar surface area (TPSA) is 68.0 Å². The molecule has 1 saturated heterocycles. The summed E-state index contributed by atoms with van der Waals surface area (Å²) < 4.78 is 0. The molecule has 0 bridgehead atoms. The van der Waals surface area contributed by atoms with E-state index in [1.165, 1.54) is 0 Å². The number of anilines is 1. The van der Waals surface area contributed by atoms with Gasteiger partial charge < -0.3 is 19.8 Å². The van der Waals surface area contributed by atoms with Gasteiger partial charge in [0.15, 0.2) is 5.69 Å². The Morgan fingerprint density at radius 3 is 2.71 bits per heavy atom. The molecule has 0 radical (unpaired) electrons. The van der Waals surface area contributed by atoms with Gasteiger partial charge in [0.05, 0.1) is 16.7 Å². The highest BCUT2D eigenvalue weighted by Crippen LogP contribution is 2.26. The second kappa shape index (κ2) is 6.49. The highest BCUT2D eigenvalue weighted by Gasteiger charge is 2.24. The number of nitrogens with zero attached hydrogens (tertiary/aromatic N) is 3. The fourth-order valence-corrected chi connectivity index (χ4v) is 4.05. The lowest BCUT2D eigenvalue weighted by Crippen LogP contribution is -2.31. The summed E-state index contributed by atoms with van der Waals surface area (Å²) in [5, 5.41) is 1.07. The lowest BCUT2D eigenvalue weighted by molar-refractivity contribution is 0.315. The molecule has 0 aliphatic carbocycles. The van der Waals surface area contributed by atoms with Gasteiger partial charge in [0.2, 0.25) is 0 Å². The van der Waals surface area contributed by atoms with Crippen LogP contribution < -0.4 is 10.5 Å². The van der Waals surface area contributed by atoms with Crippen LogP contribution in [0.4, 0.5) is 5.69 Å². The third kappa shape index (κ3) is 2.86. The Morgan fingerprint density at radius 1 is 1.07 bits per heavy atom. The van der Waals surface area contributed by atoms with Crippen LogP contribution >= 0.6 is 0 Å². The smallest absolute Gasteiger partial charge is 0.276 e. The monoisotopic (exact) mass is 373 g/mol. The van der Waals surface area contributed by atoms with Crippen molar-refractivity contribution in [2.45, 2.75) is 12.5 Å². The fourth-order valence-electron chi connectivity index (χ4n) is 4.05. The van der Waals surface area contributed by atoms with Crippen LogP contribution in [-0.4, -0.2) is 53.1 Å². The van der Waals surface area contributed by atoms with Crippen molar-refractivity contribution in [2.24, 2.45) is 0 Å². The van der Waals surface area contributed by atoms with Gasteiger partial charge in [-0.05, 0) is 50.8 Å². The molecule has 0 saturated carbocycles. The van der Waals surface area contributed by atoms with E-state index in [0.29, 0.717) is 11.7 Å². The summed E-state index contributed by atoms with van der Waals surface area (Å²) in [5.74, 6) is 0. The summed E-state index contributed by atoms with van der Waals surface area (Å²) in [7, 11) is 4.26. The van der Waals surface area contributed by atoms with Gasteiger partial charge >= 0.3 is 0 Å². The Hall–Kier alpha value is -3.12. The highest BCUT2D eigenvalue weighted by molar-refractivity contribution is 5.86. The number of likely N-dealkylation sites (N-methyl/N-ethyl adjacent to an activating group) is 1. The summed E-state index contributed by atoms with van der Waals surface area (Å²) in [6.45, 7) is 2.04. The molecule has 6 nitrogen and oxygen atoms in total. The van der Waals surface area contributed by atoms with E-state index in [-0.39, 0.29) is 5.56 Å². The van der Waals surface area contributed by atoms with Crippen LogP contribution in [0.1, 0.15) is 6.42 Å². The molecule has 1 aliphatic rings. The predicted molar refractivity (Wildman–Crippen MR) is 114 cm³/mol. The molecule has 2 aromatic heterocycles. The minimum Gasteiger partial charge on any atom is -0.370 e. The molecule has 0 spiro atoms. The summed E-state index contributed by atoms with van der Waals surface area (Å²) >= 11 is 0. The van der Waals surface area contributed by atoms with E-state index in [0.717, 1.165) is 52.8 Å². The van der Waals surface area contributed by atoms with Crippen LogP contribution in [0.5, 0.6) is 0 Å². The number of benzene rings is 2. The zero-order valence-electron chi connectivity index (χ0n) is 16.1. The second-order valence-electron chi connectivity index (χ2n) is 7.74. The number of H-pyrrole nitrogens is 2. The van der Waals surface area contributed by atoms with E-state index >= 15 is 0 Å². The minimum atomic E-state index is -0.180. The molecule has 1 fully saturated rings. The highest BCUT2D eigenvalue weighted by atomic mass is 16.1. The molecule has 3 heterocycles. The van der Waals surface area contributed by atoms with Crippen LogP contribution in [0.15, 0.2) is 53.3 Å². The van der Waals surface area contributed by atoms with Crippen molar-refractivity contribution < 1.29 is 0 Å². The van der Waals surface area contributed by atoms with Crippen molar-refractivity contribution >= 4 is 27.6 Å². The number of rotatable bonds is 3. The standard InChI is InChI=1S/C22H23N5O/c1-26(2)16-9-10-27(13-16)15-7-8-18-19(12-15)24-21(22(28)25-18)20-11-14-5-3-4-6-17(14)23-20/h3-8,11-12,16,23H,9-10,13H2,1-2H3,(H,25,28)/t16-/m0/s1. The van der Waals surface area contributed by atoms with Gasteiger partial charge in [-0.15, -0.1) is 0 Å². The molecule has 0 unspecified atom stereocenters. The molecule has 6 heteroatoms. The first kappa shape index (κ1) is 17.0. The number of hydrogen-bond acceptors (Lipinski definition) is 4. The van der Waals surface area contributed by atoms with Crippen LogP contribution in [0.3, 0.4) is 0 Å². The maximum Gasteiger partial charge on any atom is 0.276 e. The van der Waals surface area contributed by atoms with Gasteiger partial charge in [-0.3, -0.25) is 4.79 Å². The van der Waals surface area contributed by atoms with E-state index in [4.69, 9.17) is 4.98 Å². The van der Waals surface area contributed by atoms with E-state index in [1.54, 1.807) is 0 Å².